The van der Waals surface area contributed by atoms with Gasteiger partial charge in [-0.05, 0) is 35.9 Å². The summed E-state index contributed by atoms with van der Waals surface area (Å²) in [5, 5.41) is 11.3. The predicted molar refractivity (Wildman–Crippen MR) is 119 cm³/mol. The summed E-state index contributed by atoms with van der Waals surface area (Å²) in [6, 6.07) is 8.49. The molecule has 2 N–H and O–H groups in total. The number of halogens is 4. The van der Waals surface area contributed by atoms with Crippen LogP contribution in [0.5, 0.6) is 0 Å². The Hall–Kier alpha value is -2.26. The first kappa shape index (κ1) is 25.0. The van der Waals surface area contributed by atoms with Gasteiger partial charge in [0.2, 0.25) is 16.2 Å². The maximum absolute atomic E-state index is 13.8. The van der Waals surface area contributed by atoms with Gasteiger partial charge in [0.1, 0.15) is 0 Å². The lowest BCUT2D eigenvalue weighted by Gasteiger charge is -2.18. The summed E-state index contributed by atoms with van der Waals surface area (Å²) in [7, 11) is -3.32. The number of alkyl halides is 3. The molecular weight excluding hydrogens is 473 g/mol. The SMILES string of the molecule is CS/C(=N\C#N)Nc1cc(Cl)c(-c2ccc(CCNS(C)(=O)=O)cc2)c(C(F)(F)F)c1. The Morgan fingerprint density at radius 1 is 1.26 bits per heavy atom. The summed E-state index contributed by atoms with van der Waals surface area (Å²) < 4.78 is 65.9. The second-order valence-electron chi connectivity index (χ2n) is 6.34. The molecule has 0 aliphatic carbocycles. The Kier molecular flexibility index (Phi) is 8.36. The van der Waals surface area contributed by atoms with Gasteiger partial charge in [-0.15, -0.1) is 4.99 Å². The van der Waals surface area contributed by atoms with Crippen molar-refractivity contribution in [1.29, 1.82) is 5.26 Å². The van der Waals surface area contributed by atoms with E-state index in [0.717, 1.165) is 29.6 Å². The van der Waals surface area contributed by atoms with Gasteiger partial charge in [0.05, 0.1) is 16.8 Å². The number of nitrogens with one attached hydrogen (secondary N) is 2. The standard InChI is InChI=1S/C19H18ClF3N4O2S2/c1-30-18(25-11-24)27-14-9-15(19(21,22)23)17(16(20)10-14)13-5-3-12(4-6-13)7-8-26-31(2,28)29/h3-6,9-10,26H,7-8H2,1-2H3,(H,25,27). The van der Waals surface area contributed by atoms with Crippen LogP contribution in [0.4, 0.5) is 18.9 Å². The van der Waals surface area contributed by atoms with Crippen LogP contribution in [0.1, 0.15) is 11.1 Å². The highest BCUT2D eigenvalue weighted by molar-refractivity contribution is 8.13. The highest BCUT2D eigenvalue weighted by atomic mass is 35.5. The molecular formula is C19H18ClF3N4O2S2. The monoisotopic (exact) mass is 490 g/mol. The zero-order chi connectivity index (χ0) is 23.2. The van der Waals surface area contributed by atoms with Crippen molar-refractivity contribution in [2.75, 3.05) is 24.4 Å². The van der Waals surface area contributed by atoms with Crippen LogP contribution in [-0.4, -0.2) is 32.6 Å². The van der Waals surface area contributed by atoms with E-state index >= 15 is 0 Å². The topological polar surface area (TPSA) is 94.3 Å². The minimum absolute atomic E-state index is 0.0490. The number of anilines is 1. The Bertz CT molecular complexity index is 1110. The molecule has 0 saturated heterocycles. The molecule has 12 heteroatoms. The van der Waals surface area contributed by atoms with Crippen LogP contribution in [0.15, 0.2) is 41.4 Å². The smallest absolute Gasteiger partial charge is 0.334 e. The number of rotatable bonds is 6. The first-order valence-electron chi connectivity index (χ1n) is 8.67. The average molecular weight is 491 g/mol. The van der Waals surface area contributed by atoms with Crippen molar-refractivity contribution < 1.29 is 21.6 Å². The number of nitrogens with zero attached hydrogens (tertiary/aromatic N) is 2. The van der Waals surface area contributed by atoms with Crippen molar-refractivity contribution in [2.45, 2.75) is 12.6 Å². The molecule has 31 heavy (non-hydrogen) atoms. The number of hydrogen-bond donors (Lipinski definition) is 2. The fourth-order valence-electron chi connectivity index (χ4n) is 2.71. The molecule has 0 spiro atoms. The van der Waals surface area contributed by atoms with E-state index in [1.54, 1.807) is 24.6 Å². The zero-order valence-electron chi connectivity index (χ0n) is 16.4. The van der Waals surface area contributed by atoms with E-state index < -0.39 is 21.8 Å². The normalized spacial score (nSPS) is 12.5. The highest BCUT2D eigenvalue weighted by Gasteiger charge is 2.35. The molecule has 0 aliphatic heterocycles. The van der Waals surface area contributed by atoms with E-state index in [1.807, 2.05) is 0 Å². The van der Waals surface area contributed by atoms with E-state index in [-0.39, 0.29) is 33.5 Å². The molecule has 2 aromatic rings. The Labute approximate surface area is 187 Å². The van der Waals surface area contributed by atoms with Crippen LogP contribution in [0.3, 0.4) is 0 Å². The van der Waals surface area contributed by atoms with E-state index in [4.69, 9.17) is 16.9 Å². The van der Waals surface area contributed by atoms with Gasteiger partial charge in [0.15, 0.2) is 5.17 Å². The third-order valence-corrected chi connectivity index (χ3v) is 5.62. The first-order chi connectivity index (χ1) is 14.4. The van der Waals surface area contributed by atoms with Crippen molar-refractivity contribution in [3.63, 3.8) is 0 Å². The molecule has 0 aromatic heterocycles. The van der Waals surface area contributed by atoms with Gasteiger partial charge >= 0.3 is 6.18 Å². The van der Waals surface area contributed by atoms with Gasteiger partial charge in [0, 0.05) is 17.8 Å². The molecule has 0 saturated carbocycles. The number of nitriles is 1. The number of sulfonamides is 1. The lowest BCUT2D eigenvalue weighted by atomic mass is 9.97. The molecule has 0 amide bonds. The minimum atomic E-state index is -4.68. The molecule has 166 valence electrons. The lowest BCUT2D eigenvalue weighted by molar-refractivity contribution is -0.137. The van der Waals surface area contributed by atoms with Gasteiger partial charge in [-0.3, -0.25) is 0 Å². The van der Waals surface area contributed by atoms with Crippen molar-refractivity contribution in [2.24, 2.45) is 4.99 Å². The Morgan fingerprint density at radius 3 is 2.42 bits per heavy atom. The van der Waals surface area contributed by atoms with Gasteiger partial charge in [-0.2, -0.15) is 18.4 Å². The first-order valence-corrected chi connectivity index (χ1v) is 12.2. The molecule has 0 fully saturated rings. The lowest BCUT2D eigenvalue weighted by Crippen LogP contribution is -2.24. The number of benzene rings is 2. The van der Waals surface area contributed by atoms with E-state index in [0.29, 0.717) is 6.42 Å². The maximum atomic E-state index is 13.8. The third-order valence-electron chi connectivity index (χ3n) is 4.01. The van der Waals surface area contributed by atoms with Crippen LogP contribution < -0.4 is 10.0 Å². The zero-order valence-corrected chi connectivity index (χ0v) is 18.8. The average Bonchev–Trinajstić information content (AvgIpc) is 2.66. The van der Waals surface area contributed by atoms with Crippen molar-refractivity contribution in [3.05, 3.63) is 52.5 Å². The van der Waals surface area contributed by atoms with Crippen LogP contribution in [0, 0.1) is 11.5 Å². The molecule has 6 nitrogen and oxygen atoms in total. The van der Waals surface area contributed by atoms with Gasteiger partial charge in [0.25, 0.3) is 0 Å². The van der Waals surface area contributed by atoms with Crippen LogP contribution in [-0.2, 0) is 22.6 Å². The third kappa shape index (κ3) is 7.43. The number of aliphatic imine (C=N–C) groups is 1. The summed E-state index contributed by atoms with van der Waals surface area (Å²) in [6.07, 6.45) is -0.0569. The number of thioether (sulfide) groups is 1. The van der Waals surface area contributed by atoms with E-state index in [2.05, 4.69) is 15.0 Å². The molecule has 2 rings (SSSR count). The molecule has 2 aromatic carbocycles. The minimum Gasteiger partial charge on any atom is -0.334 e. The van der Waals surface area contributed by atoms with Crippen LogP contribution >= 0.6 is 23.4 Å². The number of amidine groups is 1. The van der Waals surface area contributed by atoms with Crippen LogP contribution in [0.2, 0.25) is 5.02 Å². The largest absolute Gasteiger partial charge is 0.417 e. The molecule has 0 bridgehead atoms. The molecule has 0 aliphatic rings. The van der Waals surface area contributed by atoms with Crippen molar-refractivity contribution >= 4 is 44.2 Å². The Balaban J connectivity index is 2.39. The summed E-state index contributed by atoms with van der Waals surface area (Å²) >= 11 is 7.29. The fourth-order valence-corrected chi connectivity index (χ4v) is 3.86. The molecule has 0 heterocycles. The van der Waals surface area contributed by atoms with Crippen molar-refractivity contribution in [3.8, 4) is 17.3 Å². The fraction of sp³-hybridized carbons (Fsp3) is 0.263. The summed E-state index contributed by atoms with van der Waals surface area (Å²) in [6.45, 7) is 0.176. The second kappa shape index (κ2) is 10.4. The predicted octanol–water partition coefficient (Wildman–Crippen LogP) is 4.73. The molecule has 0 radical (unpaired) electrons. The van der Waals surface area contributed by atoms with Gasteiger partial charge < -0.3 is 5.32 Å². The van der Waals surface area contributed by atoms with Gasteiger partial charge in [-0.1, -0.05) is 47.6 Å². The van der Waals surface area contributed by atoms with E-state index in [9.17, 15) is 21.6 Å². The van der Waals surface area contributed by atoms with E-state index in [1.165, 1.54) is 18.2 Å². The molecule has 0 unspecified atom stereocenters. The summed E-state index contributed by atoms with van der Waals surface area (Å²) in [4.78, 5) is 3.50. The maximum Gasteiger partial charge on any atom is 0.417 e. The number of hydrogen-bond acceptors (Lipinski definition) is 5. The summed E-state index contributed by atoms with van der Waals surface area (Å²) in [5.74, 6) is 0. The van der Waals surface area contributed by atoms with Gasteiger partial charge in [-0.25, -0.2) is 13.1 Å². The second-order valence-corrected chi connectivity index (χ2v) is 9.37. The quantitative estimate of drug-likeness (QED) is 0.347. The van der Waals surface area contributed by atoms with Crippen molar-refractivity contribution in [1.82, 2.24) is 4.72 Å². The summed E-state index contributed by atoms with van der Waals surface area (Å²) in [5.41, 5.74) is -0.0533. The Morgan fingerprint density at radius 2 is 1.90 bits per heavy atom. The molecule has 0 atom stereocenters. The highest BCUT2D eigenvalue weighted by Crippen LogP contribution is 2.43. The van der Waals surface area contributed by atoms with Crippen LogP contribution in [0.25, 0.3) is 11.1 Å².